The number of hydrogen-bond acceptors (Lipinski definition) is 2. The molecule has 0 aromatic carbocycles. The molecule has 1 atom stereocenters. The minimum Gasteiger partial charge on any atom is -0.378 e. The maximum atomic E-state index is 6.45. The number of imidazole rings is 1. The molecule has 1 rings (SSSR count). The number of nitrogens with zero attached hydrogens (tertiary/aromatic N) is 1. The van der Waals surface area contributed by atoms with E-state index in [-0.39, 0.29) is 0 Å². The van der Waals surface area contributed by atoms with Crippen molar-refractivity contribution in [2.24, 2.45) is 0 Å². The largest absolute Gasteiger partial charge is 0.378 e. The molecule has 1 aromatic rings. The number of nitrogens with one attached hydrogen (secondary N) is 1. The Labute approximate surface area is 277 Å². The molecular weight excluding hydrogens is 536 g/mol. The Hall–Kier alpha value is -0.830. The van der Waals surface area contributed by atoms with Gasteiger partial charge in [-0.15, -0.1) is 0 Å². The molecule has 3 heteroatoms. The number of aromatic nitrogens is 2. The van der Waals surface area contributed by atoms with Crippen LogP contribution >= 0.6 is 0 Å². The topological polar surface area (TPSA) is 37.9 Å². The Morgan fingerprint density at radius 3 is 1.25 bits per heavy atom. The maximum absolute atomic E-state index is 6.45. The van der Waals surface area contributed by atoms with E-state index in [1.807, 2.05) is 12.4 Å². The van der Waals surface area contributed by atoms with Gasteiger partial charge < -0.3 is 9.72 Å². The molecule has 0 saturated carbocycles. The van der Waals surface area contributed by atoms with Gasteiger partial charge in [0.05, 0.1) is 6.10 Å². The lowest BCUT2D eigenvalue weighted by Crippen LogP contribution is -2.14. The number of ether oxygens (including phenoxy) is 1. The summed E-state index contributed by atoms with van der Waals surface area (Å²) in [5.41, 5.74) is 0. The van der Waals surface area contributed by atoms with E-state index in [9.17, 15) is 0 Å². The average molecular weight is 617 g/mol. The van der Waals surface area contributed by atoms with E-state index < -0.39 is 0 Å². The van der Waals surface area contributed by atoms with Crippen LogP contribution in [-0.4, -0.2) is 22.7 Å². The van der Waals surface area contributed by atoms with Crippen molar-refractivity contribution in [3.8, 4) is 0 Å². The van der Waals surface area contributed by atoms with E-state index in [0.29, 0.717) is 6.10 Å². The van der Waals surface area contributed by atoms with Crippen LogP contribution in [0.4, 0.5) is 0 Å². The smallest absolute Gasteiger partial charge is 0.105 e. The van der Waals surface area contributed by atoms with E-state index in [2.05, 4.69) is 23.8 Å². The molecule has 260 valence electrons. The van der Waals surface area contributed by atoms with Crippen molar-refractivity contribution in [2.75, 3.05) is 6.61 Å². The highest BCUT2D eigenvalue weighted by Gasteiger charge is 2.09. The molecule has 0 fully saturated rings. The van der Waals surface area contributed by atoms with Crippen LogP contribution in [0.2, 0.25) is 0 Å². The second-order valence-corrected chi connectivity index (χ2v) is 14.1. The van der Waals surface area contributed by atoms with Gasteiger partial charge in [0.15, 0.2) is 0 Å². The van der Waals surface area contributed by atoms with Crippen molar-refractivity contribution in [3.63, 3.8) is 0 Å². The minimum atomic E-state index is 0.520. The summed E-state index contributed by atoms with van der Waals surface area (Å²) < 4.78 is 6.45. The van der Waals surface area contributed by atoms with Gasteiger partial charge in [0.2, 0.25) is 0 Å². The highest BCUT2D eigenvalue weighted by atomic mass is 16.5. The Balaban J connectivity index is 1.89. The molecule has 0 radical (unpaired) electrons. The van der Waals surface area contributed by atoms with E-state index in [0.717, 1.165) is 18.9 Å². The fourth-order valence-electron chi connectivity index (χ4n) is 6.70. The molecular formula is C41H80N2O. The number of unbranched alkanes of at least 4 members (excludes halogenated alkanes) is 28. The summed E-state index contributed by atoms with van der Waals surface area (Å²) in [6.45, 7) is 5.62. The van der Waals surface area contributed by atoms with Crippen molar-refractivity contribution >= 4 is 0 Å². The first kappa shape index (κ1) is 41.2. The van der Waals surface area contributed by atoms with Crippen LogP contribution in [-0.2, 0) is 11.2 Å². The third-order valence-corrected chi connectivity index (χ3v) is 9.73. The quantitative estimate of drug-likeness (QED) is 0.0755. The molecule has 1 aromatic heterocycles. The van der Waals surface area contributed by atoms with Gasteiger partial charge in [-0.25, -0.2) is 4.98 Å². The predicted octanol–water partition coefficient (Wildman–Crippen LogP) is 14.3. The van der Waals surface area contributed by atoms with Gasteiger partial charge in [-0.05, 0) is 25.7 Å². The Morgan fingerprint density at radius 1 is 0.477 bits per heavy atom. The summed E-state index contributed by atoms with van der Waals surface area (Å²) >= 11 is 0. The first-order valence-corrected chi connectivity index (χ1v) is 20.5. The van der Waals surface area contributed by atoms with Crippen LogP contribution in [0, 0.1) is 0 Å². The molecule has 0 saturated heterocycles. The minimum absolute atomic E-state index is 0.520. The third-order valence-electron chi connectivity index (χ3n) is 9.73. The van der Waals surface area contributed by atoms with Gasteiger partial charge >= 0.3 is 0 Å². The van der Waals surface area contributed by atoms with E-state index in [4.69, 9.17) is 4.74 Å². The van der Waals surface area contributed by atoms with Crippen LogP contribution in [0.5, 0.6) is 0 Å². The molecule has 0 amide bonds. The molecule has 44 heavy (non-hydrogen) atoms. The predicted molar refractivity (Wildman–Crippen MR) is 196 cm³/mol. The lowest BCUT2D eigenvalue weighted by molar-refractivity contribution is 0.0357. The maximum Gasteiger partial charge on any atom is 0.105 e. The second kappa shape index (κ2) is 35.0. The first-order chi connectivity index (χ1) is 21.9. The van der Waals surface area contributed by atoms with Crippen molar-refractivity contribution in [1.29, 1.82) is 0 Å². The number of H-pyrrole nitrogens is 1. The monoisotopic (exact) mass is 617 g/mol. The van der Waals surface area contributed by atoms with Gasteiger partial charge in [0.1, 0.15) is 5.82 Å². The Bertz CT molecular complexity index is 631. The van der Waals surface area contributed by atoms with Crippen LogP contribution in [0.25, 0.3) is 0 Å². The van der Waals surface area contributed by atoms with Gasteiger partial charge in [-0.1, -0.05) is 200 Å². The Morgan fingerprint density at radius 2 is 0.841 bits per heavy atom. The summed E-state index contributed by atoms with van der Waals surface area (Å²) in [4.78, 5) is 7.53. The summed E-state index contributed by atoms with van der Waals surface area (Å²) in [5, 5.41) is 0. The van der Waals surface area contributed by atoms with E-state index in [1.165, 1.54) is 212 Å². The standard InChI is InChI=1S/C41H80N2O/c1-3-5-7-9-10-11-12-13-14-15-16-17-18-19-23-26-29-33-39-44-40(34-30-8-6-4-2)35-31-27-24-21-20-22-25-28-32-36-41-42-37-38-43-41/h37-38,40H,3-36,39H2,1-2H3,(H,42,43). The molecule has 0 aliphatic heterocycles. The second-order valence-electron chi connectivity index (χ2n) is 14.1. The zero-order chi connectivity index (χ0) is 31.4. The first-order valence-electron chi connectivity index (χ1n) is 20.5. The lowest BCUT2D eigenvalue weighted by Gasteiger charge is -2.18. The van der Waals surface area contributed by atoms with E-state index in [1.54, 1.807) is 0 Å². The Kier molecular flexibility index (Phi) is 32.8. The molecule has 0 aliphatic rings. The summed E-state index contributed by atoms with van der Waals surface area (Å²) in [7, 11) is 0. The van der Waals surface area contributed by atoms with Gasteiger partial charge in [0.25, 0.3) is 0 Å². The van der Waals surface area contributed by atoms with Gasteiger partial charge in [-0.2, -0.15) is 0 Å². The molecule has 0 spiro atoms. The summed E-state index contributed by atoms with van der Waals surface area (Å²) in [6, 6.07) is 0. The van der Waals surface area contributed by atoms with Crippen LogP contribution < -0.4 is 0 Å². The van der Waals surface area contributed by atoms with Crippen LogP contribution in [0.3, 0.4) is 0 Å². The molecule has 0 aliphatic carbocycles. The van der Waals surface area contributed by atoms with Crippen molar-refractivity contribution in [2.45, 2.75) is 238 Å². The third kappa shape index (κ3) is 29.9. The molecule has 0 bridgehead atoms. The van der Waals surface area contributed by atoms with E-state index >= 15 is 0 Å². The SMILES string of the molecule is CCCCCCCCCCCCCCCCCCCCOC(CCCCCC)CCCCCCCCCCCc1ncc[nH]1. The molecule has 1 unspecified atom stereocenters. The molecule has 3 nitrogen and oxygen atoms in total. The summed E-state index contributed by atoms with van der Waals surface area (Å²) in [6.07, 6.45) is 51.8. The van der Waals surface area contributed by atoms with Crippen LogP contribution in [0.1, 0.15) is 232 Å². The zero-order valence-electron chi connectivity index (χ0n) is 30.3. The number of aryl methyl sites for hydroxylation is 1. The summed E-state index contributed by atoms with van der Waals surface area (Å²) in [5.74, 6) is 1.15. The molecule has 1 heterocycles. The normalized spacial score (nSPS) is 12.3. The van der Waals surface area contributed by atoms with Crippen molar-refractivity contribution < 1.29 is 4.74 Å². The number of rotatable bonds is 37. The van der Waals surface area contributed by atoms with Crippen molar-refractivity contribution in [1.82, 2.24) is 9.97 Å². The molecule has 1 N–H and O–H groups in total. The fourth-order valence-corrected chi connectivity index (χ4v) is 6.70. The lowest BCUT2D eigenvalue weighted by atomic mass is 10.0. The van der Waals surface area contributed by atoms with Crippen molar-refractivity contribution in [3.05, 3.63) is 18.2 Å². The van der Waals surface area contributed by atoms with Gasteiger partial charge in [-0.3, -0.25) is 0 Å². The van der Waals surface area contributed by atoms with Crippen LogP contribution in [0.15, 0.2) is 12.4 Å². The zero-order valence-corrected chi connectivity index (χ0v) is 30.3. The number of hydrogen-bond donors (Lipinski definition) is 1. The van der Waals surface area contributed by atoms with Gasteiger partial charge in [0, 0.05) is 25.4 Å². The fraction of sp³-hybridized carbons (Fsp3) is 0.927. The highest BCUT2D eigenvalue weighted by Crippen LogP contribution is 2.18. The highest BCUT2D eigenvalue weighted by molar-refractivity contribution is 4.86. The number of aromatic amines is 1. The average Bonchev–Trinajstić information content (AvgIpc) is 3.56.